The number of hydrogen-bond donors (Lipinski definition) is 1. The van der Waals surface area contributed by atoms with Crippen LogP contribution in [0, 0.1) is 17.3 Å². The summed E-state index contributed by atoms with van der Waals surface area (Å²) in [4.78, 5) is 11.3. The molecule has 1 aromatic carbocycles. The van der Waals surface area contributed by atoms with E-state index in [1.165, 1.54) is 49.7 Å². The van der Waals surface area contributed by atoms with Crippen molar-refractivity contribution in [1.82, 2.24) is 0 Å². The van der Waals surface area contributed by atoms with Gasteiger partial charge in [-0.05, 0) is 85.0 Å². The number of carboxylic acids is 1. The molecule has 2 saturated carbocycles. The van der Waals surface area contributed by atoms with Gasteiger partial charge in [0.1, 0.15) is 0 Å². The van der Waals surface area contributed by atoms with Gasteiger partial charge in [-0.3, -0.25) is 0 Å². The Morgan fingerprint density at radius 1 is 1.30 bits per heavy atom. The van der Waals surface area contributed by atoms with E-state index in [1.54, 1.807) is 6.07 Å². The molecule has 1 aromatic rings. The molecule has 23 heavy (non-hydrogen) atoms. The Hall–Kier alpha value is -1.35. The van der Waals surface area contributed by atoms with Crippen LogP contribution >= 0.6 is 0 Å². The van der Waals surface area contributed by atoms with Crippen molar-refractivity contribution in [3.8, 4) is 0 Å². The zero-order valence-electron chi connectivity index (χ0n) is 13.9. The van der Waals surface area contributed by atoms with E-state index < -0.39 is 5.97 Å². The van der Waals surface area contributed by atoms with Crippen LogP contribution in [0.25, 0.3) is 0 Å². The molecule has 4 atom stereocenters. The Bertz CT molecular complexity index is 623. The Balaban J connectivity index is 1.69. The predicted molar refractivity (Wildman–Crippen MR) is 88.8 cm³/mol. The number of aromatic carboxylic acids is 1. The molecule has 124 valence electrons. The van der Waals surface area contributed by atoms with Crippen molar-refractivity contribution in [3.05, 3.63) is 34.9 Å². The molecular formula is C20H26O3. The number of aryl methyl sites for hydroxylation is 1. The molecule has 0 unspecified atom stereocenters. The normalized spacial score (nSPS) is 35.3. The number of ether oxygens (including phenoxy) is 1. The molecule has 3 heteroatoms. The summed E-state index contributed by atoms with van der Waals surface area (Å²) >= 11 is 0. The monoisotopic (exact) mass is 314 g/mol. The van der Waals surface area contributed by atoms with Crippen molar-refractivity contribution in [3.63, 3.8) is 0 Å². The summed E-state index contributed by atoms with van der Waals surface area (Å²) in [5.74, 6) is 1.24. The number of rotatable bonds is 3. The zero-order chi connectivity index (χ0) is 16.0. The van der Waals surface area contributed by atoms with Gasteiger partial charge < -0.3 is 9.84 Å². The second-order valence-corrected chi connectivity index (χ2v) is 7.86. The van der Waals surface area contributed by atoms with E-state index in [-0.39, 0.29) is 0 Å². The lowest BCUT2D eigenvalue weighted by Gasteiger charge is -2.50. The fraction of sp³-hybridized carbons (Fsp3) is 0.650. The van der Waals surface area contributed by atoms with E-state index in [1.807, 2.05) is 13.2 Å². The molecule has 2 fully saturated rings. The lowest BCUT2D eigenvalue weighted by atomic mass is 9.55. The highest BCUT2D eigenvalue weighted by Crippen LogP contribution is 2.61. The van der Waals surface area contributed by atoms with Crippen molar-refractivity contribution < 1.29 is 14.6 Å². The van der Waals surface area contributed by atoms with Gasteiger partial charge in [0.05, 0.1) is 12.2 Å². The van der Waals surface area contributed by atoms with E-state index in [4.69, 9.17) is 4.74 Å². The number of hydrogen-bond acceptors (Lipinski definition) is 2. The van der Waals surface area contributed by atoms with Crippen LogP contribution in [0.1, 0.15) is 65.9 Å². The van der Waals surface area contributed by atoms with Gasteiger partial charge in [-0.25, -0.2) is 4.79 Å². The standard InChI is InChI=1S/C20H26O3/c1-23-12-20-9-2-3-18(20)16-7-6-13-4-5-14(19(21)22)11-17(13)15(16)8-10-20/h4-5,11,15-16,18H,2-3,6-10,12H2,1H3,(H,21,22)/t15-,16+,18-,20-/m0/s1. The Kier molecular flexibility index (Phi) is 3.72. The first-order chi connectivity index (χ1) is 11.1. The van der Waals surface area contributed by atoms with E-state index in [0.717, 1.165) is 24.9 Å². The maximum atomic E-state index is 11.3. The predicted octanol–water partition coefficient (Wildman–Crippen LogP) is 4.26. The number of fused-ring (bicyclic) bond motifs is 5. The van der Waals surface area contributed by atoms with Gasteiger partial charge in [-0.15, -0.1) is 0 Å². The van der Waals surface area contributed by atoms with Crippen LogP contribution in [0.3, 0.4) is 0 Å². The Labute approximate surface area is 138 Å². The van der Waals surface area contributed by atoms with Gasteiger partial charge >= 0.3 is 5.97 Å². The lowest BCUT2D eigenvalue weighted by Crippen LogP contribution is -2.43. The maximum Gasteiger partial charge on any atom is 0.335 e. The van der Waals surface area contributed by atoms with Crippen LogP contribution < -0.4 is 0 Å². The number of methoxy groups -OCH3 is 1. The first kappa shape index (κ1) is 15.2. The highest BCUT2D eigenvalue weighted by atomic mass is 16.5. The Morgan fingerprint density at radius 3 is 2.96 bits per heavy atom. The minimum atomic E-state index is -0.805. The number of carbonyl (C=O) groups is 1. The average molecular weight is 314 g/mol. The third-order valence-corrected chi connectivity index (χ3v) is 6.93. The SMILES string of the molecule is COC[C@@]12CCC[C@H]1[C@@H]1CCc3ccc(C(=O)O)cc3[C@H]1CC2. The third kappa shape index (κ3) is 2.32. The molecule has 0 bridgehead atoms. The topological polar surface area (TPSA) is 46.5 Å². The van der Waals surface area contributed by atoms with Crippen LogP contribution in [-0.2, 0) is 11.2 Å². The fourth-order valence-corrected chi connectivity index (χ4v) is 6.03. The molecule has 3 aliphatic rings. The molecule has 0 aromatic heterocycles. The zero-order valence-corrected chi connectivity index (χ0v) is 13.9. The molecule has 0 saturated heterocycles. The summed E-state index contributed by atoms with van der Waals surface area (Å²) in [6.45, 7) is 0.906. The summed E-state index contributed by atoms with van der Waals surface area (Å²) in [6.07, 6.45) is 8.79. The molecule has 3 aliphatic carbocycles. The van der Waals surface area contributed by atoms with Crippen LogP contribution in [0.2, 0.25) is 0 Å². The molecule has 3 nitrogen and oxygen atoms in total. The smallest absolute Gasteiger partial charge is 0.335 e. The molecule has 0 amide bonds. The van der Waals surface area contributed by atoms with Gasteiger partial charge in [-0.2, -0.15) is 0 Å². The average Bonchev–Trinajstić information content (AvgIpc) is 2.98. The van der Waals surface area contributed by atoms with Gasteiger partial charge in [0.15, 0.2) is 0 Å². The van der Waals surface area contributed by atoms with Crippen molar-refractivity contribution in [2.75, 3.05) is 13.7 Å². The second kappa shape index (κ2) is 5.62. The quantitative estimate of drug-likeness (QED) is 0.907. The fourth-order valence-electron chi connectivity index (χ4n) is 6.03. The van der Waals surface area contributed by atoms with Gasteiger partial charge in [-0.1, -0.05) is 12.5 Å². The number of carboxylic acid groups (broad SMARTS) is 1. The minimum absolute atomic E-state index is 0.401. The molecule has 1 N–H and O–H groups in total. The minimum Gasteiger partial charge on any atom is -0.478 e. The molecule has 0 radical (unpaired) electrons. The molecular weight excluding hydrogens is 288 g/mol. The van der Waals surface area contributed by atoms with Crippen molar-refractivity contribution in [1.29, 1.82) is 0 Å². The van der Waals surface area contributed by atoms with Crippen molar-refractivity contribution >= 4 is 5.97 Å². The van der Waals surface area contributed by atoms with E-state index >= 15 is 0 Å². The van der Waals surface area contributed by atoms with Gasteiger partial charge in [0, 0.05) is 7.11 Å². The third-order valence-electron chi connectivity index (χ3n) is 6.93. The van der Waals surface area contributed by atoms with Crippen LogP contribution in [0.4, 0.5) is 0 Å². The lowest BCUT2D eigenvalue weighted by molar-refractivity contribution is -0.0201. The maximum absolute atomic E-state index is 11.3. The summed E-state index contributed by atoms with van der Waals surface area (Å²) in [6, 6.07) is 5.79. The second-order valence-electron chi connectivity index (χ2n) is 7.86. The van der Waals surface area contributed by atoms with Crippen LogP contribution in [-0.4, -0.2) is 24.8 Å². The largest absolute Gasteiger partial charge is 0.478 e. The highest BCUT2D eigenvalue weighted by Gasteiger charge is 2.52. The first-order valence-corrected chi connectivity index (χ1v) is 9.00. The number of benzene rings is 1. The summed E-state index contributed by atoms with van der Waals surface area (Å²) in [7, 11) is 1.84. The first-order valence-electron chi connectivity index (χ1n) is 9.00. The van der Waals surface area contributed by atoms with Crippen LogP contribution in [0.5, 0.6) is 0 Å². The van der Waals surface area contributed by atoms with Crippen molar-refractivity contribution in [2.24, 2.45) is 17.3 Å². The highest BCUT2D eigenvalue weighted by molar-refractivity contribution is 5.88. The summed E-state index contributed by atoms with van der Waals surface area (Å²) in [5.41, 5.74) is 3.56. The van der Waals surface area contributed by atoms with Gasteiger partial charge in [0.2, 0.25) is 0 Å². The van der Waals surface area contributed by atoms with E-state index in [2.05, 4.69) is 6.07 Å². The molecule has 0 spiro atoms. The molecule has 4 rings (SSSR count). The van der Waals surface area contributed by atoms with E-state index in [9.17, 15) is 9.90 Å². The van der Waals surface area contributed by atoms with E-state index in [0.29, 0.717) is 16.9 Å². The molecule has 0 heterocycles. The van der Waals surface area contributed by atoms with Crippen molar-refractivity contribution in [2.45, 2.75) is 50.9 Å². The van der Waals surface area contributed by atoms with Crippen LogP contribution in [0.15, 0.2) is 18.2 Å². The summed E-state index contributed by atoms with van der Waals surface area (Å²) < 4.78 is 5.61. The summed E-state index contributed by atoms with van der Waals surface area (Å²) in [5, 5.41) is 9.33. The Morgan fingerprint density at radius 2 is 2.17 bits per heavy atom. The van der Waals surface area contributed by atoms with Gasteiger partial charge in [0.25, 0.3) is 0 Å². The molecule has 0 aliphatic heterocycles.